The lowest BCUT2D eigenvalue weighted by Crippen LogP contribution is -2.44. The zero-order chi connectivity index (χ0) is 20.0. The van der Waals surface area contributed by atoms with Gasteiger partial charge in [0, 0.05) is 12.0 Å². The zero-order valence-electron chi connectivity index (χ0n) is 16.2. The van der Waals surface area contributed by atoms with E-state index >= 15 is 0 Å². The summed E-state index contributed by atoms with van der Waals surface area (Å²) in [6.07, 6.45) is 1.98. The van der Waals surface area contributed by atoms with E-state index in [1.165, 1.54) is 0 Å². The first-order chi connectivity index (χ1) is 12.7. The Morgan fingerprint density at radius 3 is 2.52 bits per heavy atom. The van der Waals surface area contributed by atoms with Gasteiger partial charge in [-0.2, -0.15) is 5.10 Å². The highest BCUT2D eigenvalue weighted by molar-refractivity contribution is 5.95. The Morgan fingerprint density at radius 1 is 1.26 bits per heavy atom. The molecule has 2 rings (SSSR count). The highest BCUT2D eigenvalue weighted by atomic mass is 16.5. The van der Waals surface area contributed by atoms with Crippen LogP contribution in [-0.2, 0) is 4.79 Å². The van der Waals surface area contributed by atoms with E-state index in [2.05, 4.69) is 10.4 Å². The third kappa shape index (κ3) is 6.13. The van der Waals surface area contributed by atoms with Crippen LogP contribution in [0, 0.1) is 5.92 Å². The number of benzene rings is 1. The quantitative estimate of drug-likeness (QED) is 0.703. The van der Waals surface area contributed by atoms with E-state index in [-0.39, 0.29) is 18.0 Å². The maximum Gasteiger partial charge on any atom is 0.303 e. The van der Waals surface area contributed by atoms with Gasteiger partial charge < -0.3 is 15.2 Å². The fourth-order valence-corrected chi connectivity index (χ4v) is 2.44. The number of carbonyl (C=O) groups excluding carboxylic acids is 1. The molecule has 2 aromatic rings. The number of nitrogens with one attached hydrogen (secondary N) is 1. The molecule has 0 aliphatic heterocycles. The van der Waals surface area contributed by atoms with E-state index in [1.54, 1.807) is 24.7 Å². The third-order valence-electron chi connectivity index (χ3n) is 3.90. The Kier molecular flexibility index (Phi) is 6.60. The van der Waals surface area contributed by atoms with Crippen molar-refractivity contribution in [2.45, 2.75) is 46.1 Å². The molecular formula is C20H27N3O4. The zero-order valence-corrected chi connectivity index (χ0v) is 16.2. The number of aromatic nitrogens is 2. The average Bonchev–Trinajstić information content (AvgIpc) is 3.03. The van der Waals surface area contributed by atoms with Crippen molar-refractivity contribution >= 4 is 11.9 Å². The molecule has 0 spiro atoms. The molecule has 0 fully saturated rings. The van der Waals surface area contributed by atoms with Crippen LogP contribution < -0.4 is 10.1 Å². The molecule has 0 saturated heterocycles. The molecule has 1 aromatic carbocycles. The maximum atomic E-state index is 12.8. The molecule has 0 radical (unpaired) electrons. The molecule has 1 aromatic heterocycles. The lowest BCUT2D eigenvalue weighted by Gasteiger charge is -2.25. The second-order valence-electron chi connectivity index (χ2n) is 7.56. The maximum absolute atomic E-state index is 12.8. The Morgan fingerprint density at radius 2 is 1.93 bits per heavy atom. The van der Waals surface area contributed by atoms with E-state index in [4.69, 9.17) is 9.84 Å². The molecular weight excluding hydrogens is 346 g/mol. The van der Waals surface area contributed by atoms with Gasteiger partial charge in [0.1, 0.15) is 0 Å². The minimum Gasteiger partial charge on any atom is -0.489 e. The fourth-order valence-electron chi connectivity index (χ4n) is 2.44. The van der Waals surface area contributed by atoms with Gasteiger partial charge in [0.15, 0.2) is 11.4 Å². The van der Waals surface area contributed by atoms with Gasteiger partial charge in [-0.3, -0.25) is 9.59 Å². The smallest absolute Gasteiger partial charge is 0.303 e. The number of ether oxygens (including phenoxy) is 1. The fraction of sp³-hybridized carbons (Fsp3) is 0.450. The topological polar surface area (TPSA) is 93.5 Å². The summed E-state index contributed by atoms with van der Waals surface area (Å²) < 4.78 is 7.40. The Hall–Kier alpha value is -2.83. The summed E-state index contributed by atoms with van der Waals surface area (Å²) in [5.74, 6) is -0.586. The third-order valence-corrected chi connectivity index (χ3v) is 3.90. The number of hydrogen-bond acceptors (Lipinski definition) is 4. The second-order valence-corrected chi connectivity index (χ2v) is 7.56. The normalized spacial score (nSPS) is 11.4. The molecule has 27 heavy (non-hydrogen) atoms. The van der Waals surface area contributed by atoms with Crippen LogP contribution in [0.3, 0.4) is 0 Å². The molecule has 0 saturated carbocycles. The molecule has 1 amide bonds. The van der Waals surface area contributed by atoms with Gasteiger partial charge in [0.05, 0.1) is 18.5 Å². The summed E-state index contributed by atoms with van der Waals surface area (Å²) in [6, 6.07) is 9.46. The SMILES string of the molecule is CC(C)COc1cn(-c2ccccc2)nc1C(=O)NC(C)(C)CCC(=O)O. The number of amides is 1. The summed E-state index contributed by atoms with van der Waals surface area (Å²) in [5.41, 5.74) is 0.320. The number of carboxylic acid groups (broad SMARTS) is 1. The Labute approximate surface area is 159 Å². The Bertz CT molecular complexity index is 782. The summed E-state index contributed by atoms with van der Waals surface area (Å²) in [4.78, 5) is 23.6. The molecule has 7 heteroatoms. The number of nitrogens with zero attached hydrogens (tertiary/aromatic N) is 2. The largest absolute Gasteiger partial charge is 0.489 e. The number of carboxylic acids is 1. The van der Waals surface area contributed by atoms with Crippen LogP contribution in [0.4, 0.5) is 0 Å². The lowest BCUT2D eigenvalue weighted by molar-refractivity contribution is -0.137. The van der Waals surface area contributed by atoms with E-state index in [0.29, 0.717) is 24.7 Å². The van der Waals surface area contributed by atoms with Gasteiger partial charge in [0.25, 0.3) is 5.91 Å². The summed E-state index contributed by atoms with van der Waals surface area (Å²) >= 11 is 0. The minimum atomic E-state index is -0.897. The summed E-state index contributed by atoms with van der Waals surface area (Å²) in [5, 5.41) is 16.1. The lowest BCUT2D eigenvalue weighted by atomic mass is 9.98. The second kappa shape index (κ2) is 8.70. The molecule has 2 N–H and O–H groups in total. The van der Waals surface area contributed by atoms with Gasteiger partial charge >= 0.3 is 5.97 Å². The van der Waals surface area contributed by atoms with Crippen molar-refractivity contribution in [3.63, 3.8) is 0 Å². The first-order valence-corrected chi connectivity index (χ1v) is 9.00. The van der Waals surface area contributed by atoms with Crippen LogP contribution in [-0.4, -0.2) is 38.9 Å². The van der Waals surface area contributed by atoms with Crippen molar-refractivity contribution in [3.05, 3.63) is 42.2 Å². The number of para-hydroxylation sites is 1. The molecule has 1 heterocycles. The van der Waals surface area contributed by atoms with Gasteiger partial charge in [-0.1, -0.05) is 32.0 Å². The van der Waals surface area contributed by atoms with E-state index in [0.717, 1.165) is 5.69 Å². The van der Waals surface area contributed by atoms with Crippen LogP contribution >= 0.6 is 0 Å². The van der Waals surface area contributed by atoms with Crippen LogP contribution in [0.15, 0.2) is 36.5 Å². The Balaban J connectivity index is 2.25. The average molecular weight is 373 g/mol. The van der Waals surface area contributed by atoms with Crippen molar-refractivity contribution < 1.29 is 19.4 Å². The summed E-state index contributed by atoms with van der Waals surface area (Å²) in [7, 11) is 0. The van der Waals surface area contributed by atoms with Gasteiger partial charge in [-0.05, 0) is 38.3 Å². The van der Waals surface area contributed by atoms with Crippen LogP contribution in [0.2, 0.25) is 0 Å². The van der Waals surface area contributed by atoms with E-state index < -0.39 is 11.5 Å². The first-order valence-electron chi connectivity index (χ1n) is 9.00. The van der Waals surface area contributed by atoms with Gasteiger partial charge in [-0.15, -0.1) is 0 Å². The molecule has 0 bridgehead atoms. The number of carbonyl (C=O) groups is 2. The monoisotopic (exact) mass is 373 g/mol. The molecule has 0 atom stereocenters. The predicted octanol–water partition coefficient (Wildman–Crippen LogP) is 3.28. The van der Waals surface area contributed by atoms with Crippen molar-refractivity contribution in [1.82, 2.24) is 15.1 Å². The molecule has 0 aliphatic carbocycles. The standard InChI is InChI=1S/C20H27N3O4/c1-14(2)13-27-16-12-23(15-8-6-5-7-9-15)22-18(16)19(26)21-20(3,4)11-10-17(24)25/h5-9,12,14H,10-11,13H2,1-4H3,(H,21,26)(H,24,25). The number of hydrogen-bond donors (Lipinski definition) is 2. The number of rotatable bonds is 9. The van der Waals surface area contributed by atoms with Crippen LogP contribution in [0.1, 0.15) is 51.0 Å². The molecule has 0 aliphatic rings. The summed E-state index contributed by atoms with van der Waals surface area (Å²) in [6.45, 7) is 8.09. The van der Waals surface area contributed by atoms with Crippen molar-refractivity contribution in [2.24, 2.45) is 5.92 Å². The van der Waals surface area contributed by atoms with Crippen molar-refractivity contribution in [1.29, 1.82) is 0 Å². The first kappa shape index (κ1) is 20.5. The predicted molar refractivity (Wildman–Crippen MR) is 102 cm³/mol. The van der Waals surface area contributed by atoms with Crippen LogP contribution in [0.5, 0.6) is 5.75 Å². The highest BCUT2D eigenvalue weighted by Gasteiger charge is 2.26. The van der Waals surface area contributed by atoms with Gasteiger partial charge in [-0.25, -0.2) is 4.68 Å². The van der Waals surface area contributed by atoms with Crippen molar-refractivity contribution in [2.75, 3.05) is 6.61 Å². The minimum absolute atomic E-state index is 0.0254. The van der Waals surface area contributed by atoms with Gasteiger partial charge in [0.2, 0.25) is 0 Å². The molecule has 0 unspecified atom stereocenters. The number of aliphatic carboxylic acids is 1. The van der Waals surface area contributed by atoms with Crippen molar-refractivity contribution in [3.8, 4) is 11.4 Å². The molecule has 146 valence electrons. The van der Waals surface area contributed by atoms with E-state index in [9.17, 15) is 9.59 Å². The van der Waals surface area contributed by atoms with E-state index in [1.807, 2.05) is 44.2 Å². The highest BCUT2D eigenvalue weighted by Crippen LogP contribution is 2.22. The molecule has 7 nitrogen and oxygen atoms in total. The van der Waals surface area contributed by atoms with Crippen LogP contribution in [0.25, 0.3) is 5.69 Å².